The molecular weight excluding hydrogens is 411 g/mol. The number of methoxy groups -OCH3 is 1. The van der Waals surface area contributed by atoms with Crippen LogP contribution < -0.4 is 15.8 Å². The van der Waals surface area contributed by atoms with Crippen LogP contribution in [0.5, 0.6) is 5.75 Å². The lowest BCUT2D eigenvalue weighted by atomic mass is 10.3. The zero-order valence-electron chi connectivity index (χ0n) is 12.7. The van der Waals surface area contributed by atoms with Crippen molar-refractivity contribution in [3.05, 3.63) is 40.3 Å². The number of nitrogens with two attached hydrogens (primary N) is 1. The number of nitrogens with zero attached hydrogens (tertiary/aromatic N) is 2. The Kier molecular flexibility index (Phi) is 8.18. The molecule has 0 saturated heterocycles. The lowest BCUT2D eigenvalue weighted by Gasteiger charge is -2.09. The fourth-order valence-electron chi connectivity index (χ4n) is 1.82. The predicted molar refractivity (Wildman–Crippen MR) is 104 cm³/mol. The number of benzene rings is 1. The predicted octanol–water partition coefficient (Wildman–Crippen LogP) is 3.30. The van der Waals surface area contributed by atoms with Crippen LogP contribution in [-0.2, 0) is 12.8 Å². The van der Waals surface area contributed by atoms with E-state index in [0.29, 0.717) is 12.5 Å². The highest BCUT2D eigenvalue weighted by Crippen LogP contribution is 2.22. The van der Waals surface area contributed by atoms with E-state index in [1.165, 1.54) is 4.88 Å². The molecule has 5 nitrogen and oxygen atoms in total. The Labute approximate surface area is 152 Å². The molecule has 0 saturated carbocycles. The van der Waals surface area contributed by atoms with Crippen molar-refractivity contribution in [1.82, 2.24) is 4.98 Å². The summed E-state index contributed by atoms with van der Waals surface area (Å²) in [5.74, 6) is 1.12. The molecule has 1 heterocycles. The average molecular weight is 432 g/mol. The van der Waals surface area contributed by atoms with Gasteiger partial charge in [0, 0.05) is 24.0 Å². The van der Waals surface area contributed by atoms with E-state index in [9.17, 15) is 0 Å². The fourth-order valence-corrected chi connectivity index (χ4v) is 2.68. The Morgan fingerprint density at radius 3 is 2.86 bits per heavy atom. The lowest BCUT2D eigenvalue weighted by Crippen LogP contribution is -2.23. The average Bonchev–Trinajstić information content (AvgIpc) is 2.96. The van der Waals surface area contributed by atoms with Crippen LogP contribution in [0.2, 0.25) is 0 Å². The standard InChI is InChI=1S/C15H20N4OS.HI/c1-3-11-10-18-14(21-11)8-9-17-15(16)19-12-6-4-5-7-13(12)20-2;/h4-7,10H,3,8-9H2,1-2H3,(H3,16,17,19);1H. The van der Waals surface area contributed by atoms with Gasteiger partial charge in [-0.3, -0.25) is 4.99 Å². The first-order valence-corrected chi connectivity index (χ1v) is 7.68. The van der Waals surface area contributed by atoms with Crippen molar-refractivity contribution in [3.63, 3.8) is 0 Å². The van der Waals surface area contributed by atoms with Crippen molar-refractivity contribution in [3.8, 4) is 5.75 Å². The van der Waals surface area contributed by atoms with Crippen LogP contribution in [0.4, 0.5) is 5.69 Å². The number of anilines is 1. The van der Waals surface area contributed by atoms with Crippen LogP contribution in [0.1, 0.15) is 16.8 Å². The number of thiazole rings is 1. The van der Waals surface area contributed by atoms with Gasteiger partial charge in [0.2, 0.25) is 0 Å². The maximum atomic E-state index is 5.89. The van der Waals surface area contributed by atoms with E-state index in [2.05, 4.69) is 22.2 Å². The quantitative estimate of drug-likeness (QED) is 0.418. The fraction of sp³-hybridized carbons (Fsp3) is 0.333. The van der Waals surface area contributed by atoms with Gasteiger partial charge in [-0.25, -0.2) is 4.98 Å². The van der Waals surface area contributed by atoms with E-state index in [0.717, 1.165) is 29.3 Å². The molecule has 2 rings (SSSR count). The van der Waals surface area contributed by atoms with E-state index in [-0.39, 0.29) is 24.0 Å². The van der Waals surface area contributed by atoms with Gasteiger partial charge in [-0.1, -0.05) is 19.1 Å². The minimum Gasteiger partial charge on any atom is -0.495 e. The lowest BCUT2D eigenvalue weighted by molar-refractivity contribution is 0.417. The molecule has 0 fully saturated rings. The van der Waals surface area contributed by atoms with Gasteiger partial charge in [-0.2, -0.15) is 0 Å². The molecular formula is C15H21IN4OS. The van der Waals surface area contributed by atoms with Crippen molar-refractivity contribution in [1.29, 1.82) is 0 Å². The Balaban J connectivity index is 0.00000242. The van der Waals surface area contributed by atoms with Crippen molar-refractivity contribution in [2.75, 3.05) is 19.0 Å². The number of guanidine groups is 1. The Morgan fingerprint density at radius 1 is 1.41 bits per heavy atom. The van der Waals surface area contributed by atoms with E-state index >= 15 is 0 Å². The minimum absolute atomic E-state index is 0. The number of hydrogen-bond acceptors (Lipinski definition) is 4. The smallest absolute Gasteiger partial charge is 0.193 e. The molecule has 7 heteroatoms. The summed E-state index contributed by atoms with van der Waals surface area (Å²) in [5.41, 5.74) is 6.70. The van der Waals surface area contributed by atoms with Gasteiger partial charge in [-0.15, -0.1) is 35.3 Å². The van der Waals surface area contributed by atoms with Crippen LogP contribution >= 0.6 is 35.3 Å². The summed E-state index contributed by atoms with van der Waals surface area (Å²) >= 11 is 1.73. The van der Waals surface area contributed by atoms with Gasteiger partial charge >= 0.3 is 0 Å². The maximum Gasteiger partial charge on any atom is 0.193 e. The summed E-state index contributed by atoms with van der Waals surface area (Å²) in [5, 5.41) is 4.15. The number of halogens is 1. The first-order chi connectivity index (χ1) is 10.2. The number of aryl methyl sites for hydroxylation is 1. The second-order valence-corrected chi connectivity index (χ2v) is 5.62. The Morgan fingerprint density at radius 2 is 2.18 bits per heavy atom. The maximum absolute atomic E-state index is 5.89. The monoisotopic (exact) mass is 432 g/mol. The first kappa shape index (κ1) is 18.7. The summed E-state index contributed by atoms with van der Waals surface area (Å²) in [6.07, 6.45) is 3.76. The van der Waals surface area contributed by atoms with Gasteiger partial charge in [0.15, 0.2) is 5.96 Å². The second-order valence-electron chi connectivity index (χ2n) is 4.42. The minimum atomic E-state index is 0. The third kappa shape index (κ3) is 5.45. The van der Waals surface area contributed by atoms with Crippen LogP contribution in [-0.4, -0.2) is 24.6 Å². The number of aromatic nitrogens is 1. The van der Waals surface area contributed by atoms with Gasteiger partial charge in [0.25, 0.3) is 0 Å². The topological polar surface area (TPSA) is 72.5 Å². The summed E-state index contributed by atoms with van der Waals surface area (Å²) in [6, 6.07) is 7.60. The number of nitrogens with one attached hydrogen (secondary N) is 1. The van der Waals surface area contributed by atoms with Crippen molar-refractivity contribution >= 4 is 47.0 Å². The largest absolute Gasteiger partial charge is 0.495 e. The summed E-state index contributed by atoms with van der Waals surface area (Å²) in [7, 11) is 1.63. The number of hydrogen-bond donors (Lipinski definition) is 2. The molecule has 0 aliphatic rings. The van der Waals surface area contributed by atoms with Crippen LogP contribution in [0.25, 0.3) is 0 Å². The molecule has 0 amide bonds. The third-order valence-electron chi connectivity index (χ3n) is 2.93. The van der Waals surface area contributed by atoms with Crippen molar-refractivity contribution in [2.24, 2.45) is 10.7 Å². The molecule has 1 aromatic carbocycles. The van der Waals surface area contributed by atoms with Gasteiger partial charge in [0.05, 0.1) is 17.8 Å². The molecule has 0 unspecified atom stereocenters. The van der Waals surface area contributed by atoms with Gasteiger partial charge in [0.1, 0.15) is 5.75 Å². The molecule has 0 radical (unpaired) electrons. The van der Waals surface area contributed by atoms with E-state index in [4.69, 9.17) is 10.5 Å². The highest BCUT2D eigenvalue weighted by atomic mass is 127. The molecule has 2 aromatic rings. The van der Waals surface area contributed by atoms with Crippen molar-refractivity contribution in [2.45, 2.75) is 19.8 Å². The highest BCUT2D eigenvalue weighted by Gasteiger charge is 2.03. The second kappa shape index (κ2) is 9.62. The third-order valence-corrected chi connectivity index (χ3v) is 4.13. The molecule has 0 spiro atoms. The molecule has 3 N–H and O–H groups in total. The number of aliphatic imine (C=N–C) groups is 1. The number of ether oxygens (including phenoxy) is 1. The number of para-hydroxylation sites is 2. The molecule has 0 atom stereocenters. The van der Waals surface area contributed by atoms with Crippen LogP contribution in [0, 0.1) is 0 Å². The molecule has 1 aromatic heterocycles. The molecule has 22 heavy (non-hydrogen) atoms. The number of rotatable bonds is 6. The Hall–Kier alpha value is -1.35. The normalized spacial score (nSPS) is 10.9. The zero-order chi connectivity index (χ0) is 15.1. The molecule has 0 aliphatic heterocycles. The first-order valence-electron chi connectivity index (χ1n) is 6.86. The van der Waals surface area contributed by atoms with Crippen LogP contribution in [0.3, 0.4) is 0 Å². The Bertz CT molecular complexity index is 615. The zero-order valence-corrected chi connectivity index (χ0v) is 15.9. The van der Waals surface area contributed by atoms with Crippen molar-refractivity contribution < 1.29 is 4.74 Å². The van der Waals surface area contributed by atoms with Gasteiger partial charge in [-0.05, 0) is 18.6 Å². The van der Waals surface area contributed by atoms with Crippen LogP contribution in [0.15, 0.2) is 35.5 Å². The SMILES string of the molecule is CCc1cnc(CCN=C(N)Nc2ccccc2OC)s1.I. The molecule has 0 aliphatic carbocycles. The molecule has 120 valence electrons. The summed E-state index contributed by atoms with van der Waals surface area (Å²) < 4.78 is 5.25. The summed E-state index contributed by atoms with van der Waals surface area (Å²) in [6.45, 7) is 2.75. The summed E-state index contributed by atoms with van der Waals surface area (Å²) in [4.78, 5) is 9.98. The van der Waals surface area contributed by atoms with E-state index in [1.807, 2.05) is 30.5 Å². The van der Waals surface area contributed by atoms with E-state index in [1.54, 1.807) is 18.4 Å². The van der Waals surface area contributed by atoms with E-state index < -0.39 is 0 Å². The van der Waals surface area contributed by atoms with Gasteiger partial charge < -0.3 is 15.8 Å². The highest BCUT2D eigenvalue weighted by molar-refractivity contribution is 14.0. The molecule has 0 bridgehead atoms.